The van der Waals surface area contributed by atoms with Crippen LogP contribution in [0.2, 0.25) is 0 Å². The second-order valence-electron chi connectivity index (χ2n) is 6.00. The van der Waals surface area contributed by atoms with Crippen molar-refractivity contribution in [2.45, 2.75) is 13.5 Å². The fourth-order valence-electron chi connectivity index (χ4n) is 3.00. The molecule has 2 aromatic heterocycles. The summed E-state index contributed by atoms with van der Waals surface area (Å²) in [5.74, 6) is -0.451. The van der Waals surface area contributed by atoms with E-state index in [4.69, 9.17) is 9.15 Å². The molecular weight excluding hydrogens is 334 g/mol. The Morgan fingerprint density at radius 2 is 2.00 bits per heavy atom. The average molecular weight is 349 g/mol. The van der Waals surface area contributed by atoms with Crippen LogP contribution >= 0.6 is 0 Å². The van der Waals surface area contributed by atoms with Crippen molar-refractivity contribution in [1.29, 1.82) is 0 Å². The molecule has 0 bridgehead atoms. The summed E-state index contributed by atoms with van der Waals surface area (Å²) in [4.78, 5) is 27.3. The Balaban J connectivity index is 1.67. The summed E-state index contributed by atoms with van der Waals surface area (Å²) in [7, 11) is 0. The normalized spacial score (nSPS) is 11.1. The van der Waals surface area contributed by atoms with Gasteiger partial charge in [0.15, 0.2) is 0 Å². The van der Waals surface area contributed by atoms with Crippen LogP contribution in [0.5, 0.6) is 5.75 Å². The number of fused-ring (bicyclic) bond motifs is 2. The lowest BCUT2D eigenvalue weighted by Gasteiger charge is -2.09. The summed E-state index contributed by atoms with van der Waals surface area (Å²) >= 11 is 0. The van der Waals surface area contributed by atoms with E-state index in [1.54, 1.807) is 19.2 Å². The molecule has 6 heteroatoms. The van der Waals surface area contributed by atoms with Crippen LogP contribution in [0.15, 0.2) is 57.9 Å². The zero-order valence-electron chi connectivity index (χ0n) is 13.9. The fraction of sp³-hybridized carbons (Fsp3) is 0.100. The average Bonchev–Trinajstić information content (AvgIpc) is 3.07. The lowest BCUT2D eigenvalue weighted by molar-refractivity contribution is 0.0476. The van der Waals surface area contributed by atoms with E-state index < -0.39 is 11.6 Å². The first-order valence-corrected chi connectivity index (χ1v) is 8.03. The number of hydrogen-bond acceptors (Lipinski definition) is 5. The zero-order valence-corrected chi connectivity index (χ0v) is 13.9. The van der Waals surface area contributed by atoms with Crippen molar-refractivity contribution < 1.29 is 19.1 Å². The predicted octanol–water partition coefficient (Wildman–Crippen LogP) is 3.65. The van der Waals surface area contributed by atoms with Crippen molar-refractivity contribution in [3.05, 3.63) is 75.8 Å². The molecule has 2 N–H and O–H groups in total. The first-order chi connectivity index (χ1) is 12.5. The van der Waals surface area contributed by atoms with Gasteiger partial charge in [0.1, 0.15) is 17.9 Å². The molecule has 6 nitrogen and oxygen atoms in total. The molecule has 2 aromatic carbocycles. The van der Waals surface area contributed by atoms with Gasteiger partial charge in [0.2, 0.25) is 0 Å². The molecule has 2 heterocycles. The molecule has 0 radical (unpaired) electrons. The number of esters is 1. The van der Waals surface area contributed by atoms with Gasteiger partial charge in [0.05, 0.1) is 5.56 Å². The molecule has 4 aromatic rings. The first kappa shape index (κ1) is 16.0. The van der Waals surface area contributed by atoms with Crippen molar-refractivity contribution in [2.75, 3.05) is 0 Å². The molecule has 130 valence electrons. The molecule has 0 fully saturated rings. The number of para-hydroxylation sites is 1. The van der Waals surface area contributed by atoms with Crippen LogP contribution in [-0.2, 0) is 11.3 Å². The van der Waals surface area contributed by atoms with Gasteiger partial charge in [0, 0.05) is 39.7 Å². The van der Waals surface area contributed by atoms with Crippen LogP contribution in [0.25, 0.3) is 21.9 Å². The number of carbonyl (C=O) groups is 1. The second kappa shape index (κ2) is 6.07. The van der Waals surface area contributed by atoms with Crippen molar-refractivity contribution in [1.82, 2.24) is 4.98 Å². The number of nitrogens with one attached hydrogen (secondary N) is 1. The molecule has 4 rings (SSSR count). The molecular formula is C20H15NO5. The molecule has 0 amide bonds. The number of aryl methyl sites for hydroxylation is 1. The maximum Gasteiger partial charge on any atom is 0.340 e. The molecule has 0 aliphatic heterocycles. The van der Waals surface area contributed by atoms with Crippen molar-refractivity contribution in [3.8, 4) is 5.75 Å². The van der Waals surface area contributed by atoms with E-state index >= 15 is 0 Å². The third-order valence-electron chi connectivity index (χ3n) is 4.39. The van der Waals surface area contributed by atoms with Gasteiger partial charge in [-0.05, 0) is 25.1 Å². The highest BCUT2D eigenvalue weighted by Crippen LogP contribution is 2.28. The van der Waals surface area contributed by atoms with E-state index in [-0.39, 0.29) is 17.9 Å². The standard InChI is InChI=1S/C20H15NO5/c1-11-17(22)7-6-13-12(8-18(23)26-19(11)13)10-25-20(24)15-9-21-16-5-3-2-4-14(15)16/h2-9,21-22H,10H2,1H3. The number of rotatable bonds is 3. The van der Waals surface area contributed by atoms with E-state index in [2.05, 4.69) is 4.98 Å². The Hall–Kier alpha value is -3.54. The van der Waals surface area contributed by atoms with Gasteiger partial charge in [-0.2, -0.15) is 0 Å². The number of phenolic OH excluding ortho intramolecular Hbond substituents is 1. The van der Waals surface area contributed by atoms with Crippen LogP contribution < -0.4 is 5.63 Å². The number of aromatic amines is 1. The van der Waals surface area contributed by atoms with Crippen LogP contribution in [0.4, 0.5) is 0 Å². The van der Waals surface area contributed by atoms with E-state index in [0.717, 1.165) is 10.9 Å². The van der Waals surface area contributed by atoms with Crippen LogP contribution in [0, 0.1) is 6.92 Å². The maximum absolute atomic E-state index is 12.5. The van der Waals surface area contributed by atoms with Crippen molar-refractivity contribution >= 4 is 27.8 Å². The van der Waals surface area contributed by atoms with Gasteiger partial charge >= 0.3 is 11.6 Å². The summed E-state index contributed by atoms with van der Waals surface area (Å²) in [6.45, 7) is 1.58. The monoisotopic (exact) mass is 349 g/mol. The quantitative estimate of drug-likeness (QED) is 0.435. The summed E-state index contributed by atoms with van der Waals surface area (Å²) < 4.78 is 10.6. The highest BCUT2D eigenvalue weighted by Gasteiger charge is 2.15. The number of carbonyl (C=O) groups excluding carboxylic acids is 1. The van der Waals surface area contributed by atoms with Gasteiger partial charge in [-0.3, -0.25) is 0 Å². The number of phenols is 1. The number of hydrogen-bond donors (Lipinski definition) is 2. The molecule has 0 saturated heterocycles. The third kappa shape index (κ3) is 2.61. The second-order valence-corrected chi connectivity index (χ2v) is 6.00. The minimum atomic E-state index is -0.565. The number of aromatic nitrogens is 1. The number of ether oxygens (including phenoxy) is 1. The van der Waals surface area contributed by atoms with E-state index in [0.29, 0.717) is 22.1 Å². The lowest BCUT2D eigenvalue weighted by atomic mass is 10.1. The van der Waals surface area contributed by atoms with Crippen molar-refractivity contribution in [2.24, 2.45) is 0 Å². The Labute approximate surface area is 147 Å². The Morgan fingerprint density at radius 3 is 2.85 bits per heavy atom. The van der Waals surface area contributed by atoms with E-state index in [1.807, 2.05) is 24.3 Å². The topological polar surface area (TPSA) is 92.5 Å². The minimum absolute atomic E-state index is 0.0357. The third-order valence-corrected chi connectivity index (χ3v) is 4.39. The Bertz CT molecular complexity index is 1200. The largest absolute Gasteiger partial charge is 0.508 e. The van der Waals surface area contributed by atoms with Gasteiger partial charge in [-0.15, -0.1) is 0 Å². The Kier molecular flexibility index (Phi) is 3.73. The van der Waals surface area contributed by atoms with Gasteiger partial charge in [-0.25, -0.2) is 9.59 Å². The maximum atomic E-state index is 12.5. The van der Waals surface area contributed by atoms with Crippen molar-refractivity contribution in [3.63, 3.8) is 0 Å². The molecule has 0 unspecified atom stereocenters. The summed E-state index contributed by atoms with van der Waals surface area (Å²) in [5, 5.41) is 11.2. The first-order valence-electron chi connectivity index (χ1n) is 8.03. The van der Waals surface area contributed by atoms with Crippen LogP contribution in [-0.4, -0.2) is 16.1 Å². The molecule has 0 aliphatic carbocycles. The fourth-order valence-corrected chi connectivity index (χ4v) is 3.00. The van der Waals surface area contributed by atoms with E-state index in [9.17, 15) is 14.7 Å². The molecule has 0 atom stereocenters. The summed E-state index contributed by atoms with van der Waals surface area (Å²) in [5.41, 5.74) is 1.98. The molecule has 0 spiro atoms. The van der Waals surface area contributed by atoms with Gasteiger partial charge < -0.3 is 19.2 Å². The van der Waals surface area contributed by atoms with E-state index in [1.165, 1.54) is 12.1 Å². The molecule has 0 saturated carbocycles. The number of H-pyrrole nitrogens is 1. The highest BCUT2D eigenvalue weighted by atomic mass is 16.5. The van der Waals surface area contributed by atoms with Crippen LogP contribution in [0.1, 0.15) is 21.5 Å². The highest BCUT2D eigenvalue weighted by molar-refractivity contribution is 6.04. The minimum Gasteiger partial charge on any atom is -0.508 e. The number of benzene rings is 2. The summed E-state index contributed by atoms with van der Waals surface area (Å²) in [6.07, 6.45) is 1.60. The van der Waals surface area contributed by atoms with Crippen LogP contribution in [0.3, 0.4) is 0 Å². The number of aromatic hydroxyl groups is 1. The zero-order chi connectivity index (χ0) is 18.3. The Morgan fingerprint density at radius 1 is 1.19 bits per heavy atom. The smallest absolute Gasteiger partial charge is 0.340 e. The molecule has 0 aliphatic rings. The summed E-state index contributed by atoms with van der Waals surface area (Å²) in [6, 6.07) is 11.9. The SMILES string of the molecule is Cc1c(O)ccc2c(COC(=O)c3c[nH]c4ccccc34)cc(=O)oc12. The van der Waals surface area contributed by atoms with Gasteiger partial charge in [-0.1, -0.05) is 18.2 Å². The predicted molar refractivity (Wildman–Crippen MR) is 96.3 cm³/mol. The van der Waals surface area contributed by atoms with Gasteiger partial charge in [0.25, 0.3) is 0 Å². The molecule has 26 heavy (non-hydrogen) atoms. The lowest BCUT2D eigenvalue weighted by Crippen LogP contribution is -2.08.